The van der Waals surface area contributed by atoms with Crippen LogP contribution in [0.2, 0.25) is 0 Å². The van der Waals surface area contributed by atoms with Gasteiger partial charge in [0.2, 0.25) is 0 Å². The zero-order chi connectivity index (χ0) is 30.1. The molecule has 1 atom stereocenters. The molecule has 1 N–H and O–H groups in total. The van der Waals surface area contributed by atoms with Crippen molar-refractivity contribution in [2.45, 2.75) is 52.5 Å². The fourth-order valence-corrected chi connectivity index (χ4v) is 5.52. The van der Waals surface area contributed by atoms with Crippen LogP contribution in [0.1, 0.15) is 62.3 Å². The van der Waals surface area contributed by atoms with E-state index in [-0.39, 0.29) is 11.3 Å². The summed E-state index contributed by atoms with van der Waals surface area (Å²) in [6, 6.07) is 9.95. The molecule has 9 heteroatoms. The maximum Gasteiger partial charge on any atom is 0.295 e. The summed E-state index contributed by atoms with van der Waals surface area (Å²) in [5.74, 6) is 0.287. The molecule has 0 radical (unpaired) electrons. The molecule has 228 valence electrons. The molecule has 2 saturated heterocycles. The lowest BCUT2D eigenvalue weighted by Gasteiger charge is -2.29. The number of nitrogens with zero attached hydrogens (tertiary/aromatic N) is 2. The van der Waals surface area contributed by atoms with Crippen molar-refractivity contribution < 1.29 is 33.6 Å². The number of aliphatic hydroxyl groups excluding tert-OH is 1. The molecular formula is C33H44N2O7. The highest BCUT2D eigenvalue weighted by atomic mass is 16.5. The number of likely N-dealkylation sites (tertiary alicyclic amines) is 1. The first kappa shape index (κ1) is 31.4. The number of morpholine rings is 1. The molecule has 2 fully saturated rings. The van der Waals surface area contributed by atoms with Gasteiger partial charge in [-0.15, -0.1) is 0 Å². The maximum atomic E-state index is 13.5. The van der Waals surface area contributed by atoms with E-state index in [0.29, 0.717) is 67.8 Å². The molecule has 2 aliphatic rings. The quantitative estimate of drug-likeness (QED) is 0.142. The molecule has 2 heterocycles. The molecule has 42 heavy (non-hydrogen) atoms. The first-order valence-electron chi connectivity index (χ1n) is 15.0. The van der Waals surface area contributed by atoms with E-state index in [1.54, 1.807) is 36.3 Å². The molecule has 4 rings (SSSR count). The second-order valence-corrected chi connectivity index (χ2v) is 10.7. The smallest absolute Gasteiger partial charge is 0.295 e. The molecule has 0 aliphatic carbocycles. The summed E-state index contributed by atoms with van der Waals surface area (Å²) in [6.07, 6.45) is 3.79. The predicted molar refractivity (Wildman–Crippen MR) is 161 cm³/mol. The summed E-state index contributed by atoms with van der Waals surface area (Å²) in [6.45, 7) is 11.2. The number of hydrogen-bond donors (Lipinski definition) is 1. The molecule has 9 nitrogen and oxygen atoms in total. The highest BCUT2D eigenvalue weighted by molar-refractivity contribution is 6.46. The summed E-state index contributed by atoms with van der Waals surface area (Å²) in [5, 5.41) is 11.5. The Morgan fingerprint density at radius 1 is 0.952 bits per heavy atom. The van der Waals surface area contributed by atoms with E-state index >= 15 is 0 Å². The van der Waals surface area contributed by atoms with Gasteiger partial charge in [0, 0.05) is 31.7 Å². The summed E-state index contributed by atoms with van der Waals surface area (Å²) < 4.78 is 22.7. The van der Waals surface area contributed by atoms with E-state index in [2.05, 4.69) is 11.8 Å². The fraction of sp³-hybridized carbons (Fsp3) is 0.515. The fourth-order valence-electron chi connectivity index (χ4n) is 5.52. The number of ketones is 1. The Hall–Kier alpha value is -3.56. The molecule has 1 unspecified atom stereocenters. The summed E-state index contributed by atoms with van der Waals surface area (Å²) in [7, 11) is 1.57. The molecule has 2 aromatic carbocycles. The standard InChI is InChI=1S/C33H44N2O7/c1-5-7-8-18-42-27-13-10-24(22-28(27)39-4)30-29(31(36)25-11-12-26(41-6-2)23(3)21-25)32(37)33(38)35(30)15-9-14-34-16-19-40-20-17-34/h10-13,21-22,30,36H,5-9,14-20H2,1-4H3/b31-29+. The van der Waals surface area contributed by atoms with Crippen molar-refractivity contribution in [2.24, 2.45) is 0 Å². The van der Waals surface area contributed by atoms with Gasteiger partial charge in [0.15, 0.2) is 11.5 Å². The third-order valence-electron chi connectivity index (χ3n) is 7.77. The Bertz CT molecular complexity index is 1270. The largest absolute Gasteiger partial charge is 0.507 e. The van der Waals surface area contributed by atoms with Gasteiger partial charge >= 0.3 is 0 Å². The number of Topliss-reactive ketones (excluding diaryl/α,β-unsaturated/α-hetero) is 1. The van der Waals surface area contributed by atoms with Gasteiger partial charge in [-0.1, -0.05) is 25.8 Å². The Balaban J connectivity index is 1.70. The van der Waals surface area contributed by atoms with Crippen molar-refractivity contribution in [2.75, 3.05) is 59.7 Å². The van der Waals surface area contributed by atoms with E-state index in [4.69, 9.17) is 18.9 Å². The minimum atomic E-state index is -0.774. The molecule has 0 saturated carbocycles. The lowest BCUT2D eigenvalue weighted by atomic mass is 9.94. The Morgan fingerprint density at radius 3 is 2.40 bits per heavy atom. The predicted octanol–water partition coefficient (Wildman–Crippen LogP) is 5.12. The van der Waals surface area contributed by atoms with E-state index in [0.717, 1.165) is 44.5 Å². The monoisotopic (exact) mass is 580 g/mol. The van der Waals surface area contributed by atoms with E-state index in [1.807, 2.05) is 26.0 Å². The lowest BCUT2D eigenvalue weighted by molar-refractivity contribution is -0.140. The van der Waals surface area contributed by atoms with Crippen molar-refractivity contribution in [1.29, 1.82) is 0 Å². The molecule has 0 spiro atoms. The third-order valence-corrected chi connectivity index (χ3v) is 7.77. The second-order valence-electron chi connectivity index (χ2n) is 10.7. The summed E-state index contributed by atoms with van der Waals surface area (Å²) >= 11 is 0. The van der Waals surface area contributed by atoms with Crippen LogP contribution in [0.3, 0.4) is 0 Å². The molecule has 2 aliphatic heterocycles. The topological polar surface area (TPSA) is 97.8 Å². The lowest BCUT2D eigenvalue weighted by Crippen LogP contribution is -2.39. The van der Waals surface area contributed by atoms with Gasteiger partial charge in [-0.3, -0.25) is 14.5 Å². The summed E-state index contributed by atoms with van der Waals surface area (Å²) in [4.78, 5) is 30.9. The van der Waals surface area contributed by atoms with Crippen LogP contribution in [0.15, 0.2) is 42.0 Å². The zero-order valence-electron chi connectivity index (χ0n) is 25.3. The second kappa shape index (κ2) is 15.1. The number of benzene rings is 2. The van der Waals surface area contributed by atoms with Crippen LogP contribution in [0.4, 0.5) is 0 Å². The first-order chi connectivity index (χ1) is 20.4. The minimum Gasteiger partial charge on any atom is -0.507 e. The van der Waals surface area contributed by atoms with Gasteiger partial charge in [0.1, 0.15) is 11.5 Å². The van der Waals surface area contributed by atoms with Crippen LogP contribution >= 0.6 is 0 Å². The molecule has 0 aromatic heterocycles. The number of ether oxygens (including phenoxy) is 4. The highest BCUT2D eigenvalue weighted by Crippen LogP contribution is 2.42. The number of carbonyl (C=O) groups is 2. The maximum absolute atomic E-state index is 13.5. The van der Waals surface area contributed by atoms with Gasteiger partial charge in [-0.2, -0.15) is 0 Å². The van der Waals surface area contributed by atoms with E-state index in [9.17, 15) is 14.7 Å². The molecule has 0 bridgehead atoms. The number of carbonyl (C=O) groups excluding carboxylic acids is 2. The van der Waals surface area contributed by atoms with Gasteiger partial charge in [0.25, 0.3) is 11.7 Å². The number of rotatable bonds is 14. The number of amides is 1. The van der Waals surface area contributed by atoms with Gasteiger partial charge in [0.05, 0.1) is 45.2 Å². The third kappa shape index (κ3) is 7.25. The van der Waals surface area contributed by atoms with E-state index < -0.39 is 17.7 Å². The number of methoxy groups -OCH3 is 1. The average Bonchev–Trinajstić information content (AvgIpc) is 3.25. The Morgan fingerprint density at radius 2 is 1.71 bits per heavy atom. The van der Waals surface area contributed by atoms with Crippen LogP contribution < -0.4 is 14.2 Å². The molecule has 1 amide bonds. The Kier molecular flexibility index (Phi) is 11.3. The van der Waals surface area contributed by atoms with Gasteiger partial charge in [-0.05, 0) is 68.1 Å². The number of aryl methyl sites for hydroxylation is 1. The SMILES string of the molecule is CCCCCOc1ccc(C2/C(=C(\O)c3ccc(OCC)c(C)c3)C(=O)C(=O)N2CCCN2CCOCC2)cc1OC. The van der Waals surface area contributed by atoms with Crippen molar-refractivity contribution >= 4 is 17.4 Å². The van der Waals surface area contributed by atoms with Crippen LogP contribution in [-0.2, 0) is 14.3 Å². The first-order valence-corrected chi connectivity index (χ1v) is 15.0. The molecular weight excluding hydrogens is 536 g/mol. The van der Waals surface area contributed by atoms with E-state index in [1.165, 1.54) is 0 Å². The van der Waals surface area contributed by atoms with Crippen molar-refractivity contribution in [1.82, 2.24) is 9.80 Å². The summed E-state index contributed by atoms with van der Waals surface area (Å²) in [5.41, 5.74) is 2.01. The van der Waals surface area contributed by atoms with Crippen molar-refractivity contribution in [3.8, 4) is 17.2 Å². The van der Waals surface area contributed by atoms with Gasteiger partial charge < -0.3 is 29.0 Å². The van der Waals surface area contributed by atoms with Crippen LogP contribution in [0.25, 0.3) is 5.76 Å². The molecule has 2 aromatic rings. The number of hydrogen-bond acceptors (Lipinski definition) is 8. The zero-order valence-corrected chi connectivity index (χ0v) is 25.3. The van der Waals surface area contributed by atoms with Crippen LogP contribution in [0, 0.1) is 6.92 Å². The van der Waals surface area contributed by atoms with Gasteiger partial charge in [-0.25, -0.2) is 0 Å². The minimum absolute atomic E-state index is 0.0635. The number of unbranched alkanes of at least 4 members (excludes halogenated alkanes) is 2. The highest BCUT2D eigenvalue weighted by Gasteiger charge is 2.46. The average molecular weight is 581 g/mol. The number of aliphatic hydroxyl groups is 1. The van der Waals surface area contributed by atoms with Crippen LogP contribution in [-0.4, -0.2) is 86.3 Å². The van der Waals surface area contributed by atoms with Crippen molar-refractivity contribution in [3.05, 3.63) is 58.7 Å². The van der Waals surface area contributed by atoms with Crippen molar-refractivity contribution in [3.63, 3.8) is 0 Å². The normalized spacial score (nSPS) is 18.9. The van der Waals surface area contributed by atoms with Crippen LogP contribution in [0.5, 0.6) is 17.2 Å². The Labute approximate surface area is 249 Å².